The van der Waals surface area contributed by atoms with E-state index in [1.807, 2.05) is 12.1 Å². The molecule has 8 nitrogen and oxygen atoms in total. The minimum absolute atomic E-state index is 0.163. The fraction of sp³-hybridized carbons (Fsp3) is 0.444. The number of sulfonamides is 1. The number of anilines is 1. The van der Waals surface area contributed by atoms with Crippen LogP contribution in [0.4, 0.5) is 23.2 Å². The van der Waals surface area contributed by atoms with Crippen LogP contribution in [0, 0.1) is 12.7 Å². The van der Waals surface area contributed by atoms with E-state index in [4.69, 9.17) is 28.2 Å². The molecule has 1 amide bonds. The number of nitrogens with zero attached hydrogens (tertiary/aromatic N) is 4. The van der Waals surface area contributed by atoms with Crippen molar-refractivity contribution in [3.63, 3.8) is 0 Å². The van der Waals surface area contributed by atoms with Crippen LogP contribution in [0.15, 0.2) is 60.7 Å². The molecule has 3 aliphatic heterocycles. The van der Waals surface area contributed by atoms with Gasteiger partial charge in [-0.05, 0) is 106 Å². The van der Waals surface area contributed by atoms with Crippen LogP contribution >= 0.6 is 23.2 Å². The van der Waals surface area contributed by atoms with Gasteiger partial charge in [-0.3, -0.25) is 14.4 Å². The number of halogens is 6. The van der Waals surface area contributed by atoms with Crippen LogP contribution in [0.3, 0.4) is 0 Å². The number of hydrogen-bond donors (Lipinski definition) is 1. The highest BCUT2D eigenvalue weighted by Gasteiger charge is 2.47. The van der Waals surface area contributed by atoms with E-state index in [2.05, 4.69) is 34.6 Å². The average Bonchev–Trinajstić information content (AvgIpc) is 3.54. The van der Waals surface area contributed by atoms with Crippen LogP contribution in [0.2, 0.25) is 10.0 Å². The molecule has 3 fully saturated rings. The topological polar surface area (TPSA) is 87.5 Å². The largest absolute Gasteiger partial charge is 0.516 e. The summed E-state index contributed by atoms with van der Waals surface area (Å²) in [6.07, 6.45) is 6.06. The number of hydrogen-bond acceptors (Lipinski definition) is 5. The molecule has 2 bridgehead atoms. The van der Waals surface area contributed by atoms with Crippen molar-refractivity contribution >= 4 is 55.9 Å². The Hall–Kier alpha value is -3.39. The lowest BCUT2D eigenvalue weighted by molar-refractivity contribution is -0.0429. The van der Waals surface area contributed by atoms with Crippen molar-refractivity contribution in [1.82, 2.24) is 19.4 Å². The van der Waals surface area contributed by atoms with Crippen molar-refractivity contribution in [1.29, 1.82) is 0 Å². The molecule has 1 aromatic heterocycles. The third-order valence-electron chi connectivity index (χ3n) is 11.1. The van der Waals surface area contributed by atoms with Crippen molar-refractivity contribution in [3.05, 3.63) is 93.5 Å². The third kappa shape index (κ3) is 6.82. The Kier molecular flexibility index (Phi) is 9.56. The maximum atomic E-state index is 14.7. The van der Waals surface area contributed by atoms with E-state index < -0.39 is 37.6 Å². The van der Waals surface area contributed by atoms with E-state index in [0.29, 0.717) is 31.0 Å². The molecule has 0 spiro atoms. The molecule has 7 rings (SSSR count). The number of fused-ring (bicyclic) bond motifs is 3. The zero-order valence-corrected chi connectivity index (χ0v) is 30.1. The highest BCUT2D eigenvalue weighted by molar-refractivity contribution is 7.93. The standard InChI is InChI=1S/C36H37Cl2F4N5O3S/c1-22-43-30-7-2-3-8-32(30)47(22)28-20-26-9-10-27(21-28)46(26)16-13-35(23-5-4-6-25(39)17-23)11-14-45(15-12-35)34(48)29-18-24(37)19-31(33(29)38)44-51(49,50)36(40,41)42/h2-8,17-19,26-28,44H,9-16,20-21H2,1H3/t26-,27+,28+. The van der Waals surface area contributed by atoms with Gasteiger partial charge in [0.25, 0.3) is 5.91 Å². The second-order valence-corrected chi connectivity index (χ2v) is 16.5. The number of rotatable bonds is 8. The lowest BCUT2D eigenvalue weighted by Gasteiger charge is -2.45. The fourth-order valence-electron chi connectivity index (χ4n) is 8.62. The maximum absolute atomic E-state index is 14.7. The van der Waals surface area contributed by atoms with E-state index in [0.717, 1.165) is 67.1 Å². The molecular formula is C36H37Cl2F4N5O3S. The molecule has 3 saturated heterocycles. The van der Waals surface area contributed by atoms with Crippen LogP contribution < -0.4 is 4.72 Å². The summed E-state index contributed by atoms with van der Waals surface area (Å²) in [5.41, 5.74) is -3.86. The summed E-state index contributed by atoms with van der Waals surface area (Å²) < 4.78 is 81.2. The third-order valence-corrected chi connectivity index (χ3v) is 12.8. The predicted molar refractivity (Wildman–Crippen MR) is 189 cm³/mol. The van der Waals surface area contributed by atoms with Gasteiger partial charge in [0.1, 0.15) is 11.6 Å². The lowest BCUT2D eigenvalue weighted by Crippen LogP contribution is -2.49. The van der Waals surface area contributed by atoms with Crippen LogP contribution in [0.1, 0.15) is 72.7 Å². The average molecular weight is 767 g/mol. The summed E-state index contributed by atoms with van der Waals surface area (Å²) >= 11 is 12.4. The van der Waals surface area contributed by atoms with Crippen LogP contribution in [0.5, 0.6) is 0 Å². The predicted octanol–water partition coefficient (Wildman–Crippen LogP) is 8.48. The fourth-order valence-corrected chi connectivity index (χ4v) is 9.70. The number of amides is 1. The van der Waals surface area contributed by atoms with Crippen molar-refractivity contribution in [2.24, 2.45) is 0 Å². The first-order valence-electron chi connectivity index (χ1n) is 17.0. The summed E-state index contributed by atoms with van der Waals surface area (Å²) in [5, 5.41) is -0.652. The van der Waals surface area contributed by atoms with E-state index in [9.17, 15) is 30.8 Å². The number of imidazole rings is 1. The van der Waals surface area contributed by atoms with Crippen LogP contribution in [-0.4, -0.2) is 70.9 Å². The Morgan fingerprint density at radius 2 is 1.67 bits per heavy atom. The maximum Gasteiger partial charge on any atom is 0.516 e. The minimum Gasteiger partial charge on any atom is -0.339 e. The molecule has 3 aliphatic rings. The van der Waals surface area contributed by atoms with Gasteiger partial charge in [0.15, 0.2) is 0 Å². The van der Waals surface area contributed by atoms with Crippen molar-refractivity contribution in [2.75, 3.05) is 24.4 Å². The SMILES string of the molecule is Cc1nc2ccccc2n1[C@H]1C[C@H]2CC[C@@H](C1)N2CCC1(c2cccc(F)c2)CCN(C(=O)c2cc(Cl)cc(NS(=O)(=O)C(F)(F)F)c2Cl)CC1. The van der Waals surface area contributed by atoms with Gasteiger partial charge >= 0.3 is 15.5 Å². The van der Waals surface area contributed by atoms with Gasteiger partial charge in [0.05, 0.1) is 27.3 Å². The number of benzene rings is 3. The van der Waals surface area contributed by atoms with Gasteiger partial charge in [0.2, 0.25) is 0 Å². The summed E-state index contributed by atoms with van der Waals surface area (Å²) in [7, 11) is -5.81. The Morgan fingerprint density at radius 3 is 2.33 bits per heavy atom. The highest BCUT2D eigenvalue weighted by atomic mass is 35.5. The number of aromatic nitrogens is 2. The first kappa shape index (κ1) is 36.0. The van der Waals surface area contributed by atoms with E-state index in [1.165, 1.54) is 21.8 Å². The number of aryl methyl sites for hydroxylation is 1. The Balaban J connectivity index is 1.08. The van der Waals surface area contributed by atoms with Gasteiger partial charge in [-0.15, -0.1) is 0 Å². The quantitative estimate of drug-likeness (QED) is 0.182. The summed E-state index contributed by atoms with van der Waals surface area (Å²) in [5.74, 6) is 0.0947. The molecule has 15 heteroatoms. The lowest BCUT2D eigenvalue weighted by atomic mass is 9.70. The number of nitrogens with one attached hydrogen (secondary N) is 1. The number of carbonyl (C=O) groups excluding carboxylic acids is 1. The van der Waals surface area contributed by atoms with E-state index in [-0.39, 0.29) is 29.5 Å². The summed E-state index contributed by atoms with van der Waals surface area (Å²) in [4.78, 5) is 22.7. The van der Waals surface area contributed by atoms with Gasteiger partial charge in [-0.25, -0.2) is 9.37 Å². The Morgan fingerprint density at radius 1 is 0.980 bits per heavy atom. The number of piperidine rings is 2. The number of alkyl halides is 3. The van der Waals surface area contributed by atoms with Gasteiger partial charge in [0, 0.05) is 36.2 Å². The smallest absolute Gasteiger partial charge is 0.339 e. The Bertz CT molecular complexity index is 2070. The molecule has 1 N–H and O–H groups in total. The van der Waals surface area contributed by atoms with Crippen molar-refractivity contribution in [3.8, 4) is 0 Å². The molecule has 0 aliphatic carbocycles. The number of carbonyl (C=O) groups is 1. The van der Waals surface area contributed by atoms with Gasteiger partial charge in [-0.1, -0.05) is 47.5 Å². The number of para-hydroxylation sites is 2. The molecule has 0 radical (unpaired) electrons. The monoisotopic (exact) mass is 765 g/mol. The second-order valence-electron chi connectivity index (χ2n) is 14.0. The van der Waals surface area contributed by atoms with E-state index in [1.54, 1.807) is 12.1 Å². The second kappa shape index (κ2) is 13.5. The van der Waals surface area contributed by atoms with Crippen molar-refractivity contribution in [2.45, 2.75) is 80.9 Å². The van der Waals surface area contributed by atoms with Crippen LogP contribution in [0.25, 0.3) is 11.0 Å². The molecule has 51 heavy (non-hydrogen) atoms. The molecule has 272 valence electrons. The molecule has 0 unspecified atom stereocenters. The van der Waals surface area contributed by atoms with Crippen molar-refractivity contribution < 1.29 is 30.8 Å². The zero-order valence-electron chi connectivity index (χ0n) is 27.8. The first-order chi connectivity index (χ1) is 24.2. The minimum atomic E-state index is -5.81. The Labute approximate surface area is 303 Å². The molecule has 4 aromatic rings. The van der Waals surface area contributed by atoms with E-state index >= 15 is 0 Å². The highest BCUT2D eigenvalue weighted by Crippen LogP contribution is 2.45. The molecule has 4 heterocycles. The van der Waals surface area contributed by atoms with Crippen LogP contribution in [-0.2, 0) is 15.4 Å². The van der Waals surface area contributed by atoms with Gasteiger partial charge in [-0.2, -0.15) is 21.6 Å². The van der Waals surface area contributed by atoms with Gasteiger partial charge < -0.3 is 9.47 Å². The summed E-state index contributed by atoms with van der Waals surface area (Å²) in [6.45, 7) is 3.43. The first-order valence-corrected chi connectivity index (χ1v) is 19.2. The molecular weight excluding hydrogens is 729 g/mol. The molecule has 3 atom stereocenters. The zero-order chi connectivity index (χ0) is 36.3. The molecule has 0 saturated carbocycles. The summed E-state index contributed by atoms with van der Waals surface area (Å²) in [6, 6.07) is 18.2. The normalized spacial score (nSPS) is 22.4. The molecule has 3 aromatic carbocycles. The number of likely N-dealkylation sites (tertiary alicyclic amines) is 1.